The maximum absolute atomic E-state index is 11.7. The van der Waals surface area contributed by atoms with Gasteiger partial charge < -0.3 is 24.6 Å². The number of rotatable bonds is 6. The zero-order chi connectivity index (χ0) is 21.3. The Balaban J connectivity index is 0.000000480. The fraction of sp³-hybridized carbons (Fsp3) is 0.600. The number of benzene rings is 1. The normalized spacial score (nSPS) is 14.5. The minimum absolute atomic E-state index is 0.0151. The van der Waals surface area contributed by atoms with Gasteiger partial charge >= 0.3 is 0 Å². The first-order valence-corrected chi connectivity index (χ1v) is 9.16. The molecule has 0 radical (unpaired) electrons. The smallest absolute Gasteiger partial charge is 0.293 e. The van der Waals surface area contributed by atoms with Gasteiger partial charge in [-0.25, -0.2) is 0 Å². The number of phenols is 1. The van der Waals surface area contributed by atoms with Crippen LogP contribution in [0.5, 0.6) is 17.2 Å². The predicted molar refractivity (Wildman–Crippen MR) is 106 cm³/mol. The van der Waals surface area contributed by atoms with Gasteiger partial charge in [-0.3, -0.25) is 14.5 Å². The first-order chi connectivity index (χ1) is 13.1. The van der Waals surface area contributed by atoms with Crippen molar-refractivity contribution >= 4 is 12.3 Å². The molecule has 28 heavy (non-hydrogen) atoms. The highest BCUT2D eigenvalue weighted by Gasteiger charge is 2.23. The summed E-state index contributed by atoms with van der Waals surface area (Å²) in [5.74, 6) is 0.734. The zero-order valence-corrected chi connectivity index (χ0v) is 17.6. The Morgan fingerprint density at radius 1 is 1.25 bits per heavy atom. The molecule has 2 N–H and O–H groups in total. The van der Waals surface area contributed by atoms with E-state index < -0.39 is 0 Å². The number of ketones is 1. The molecule has 0 spiro atoms. The highest BCUT2D eigenvalue weighted by Crippen LogP contribution is 2.40. The molecule has 0 unspecified atom stereocenters. The number of carbonyl (C=O) groups excluding carboxylic acids is 2. The van der Waals surface area contributed by atoms with Crippen molar-refractivity contribution in [1.82, 2.24) is 10.2 Å². The molecule has 8 heteroatoms. The minimum Gasteiger partial charge on any atom is -0.507 e. The van der Waals surface area contributed by atoms with E-state index in [9.17, 15) is 14.7 Å². The van der Waals surface area contributed by atoms with Gasteiger partial charge in [0, 0.05) is 32.7 Å². The second-order valence-electron chi connectivity index (χ2n) is 7.40. The SMILES string of the molecule is CC(C)(C)OC=O.COc1cc(C(C)=O)c(O)c(CN2CCNCC2)c1OC. The van der Waals surface area contributed by atoms with Gasteiger partial charge in [0.25, 0.3) is 6.47 Å². The van der Waals surface area contributed by atoms with Crippen molar-refractivity contribution in [3.8, 4) is 17.2 Å². The van der Waals surface area contributed by atoms with Crippen LogP contribution in [0.1, 0.15) is 43.6 Å². The van der Waals surface area contributed by atoms with Crippen LogP contribution in [0, 0.1) is 0 Å². The second-order valence-corrected chi connectivity index (χ2v) is 7.40. The summed E-state index contributed by atoms with van der Waals surface area (Å²) in [6.45, 7) is 11.5. The first-order valence-electron chi connectivity index (χ1n) is 9.16. The average Bonchev–Trinajstić information content (AvgIpc) is 2.63. The lowest BCUT2D eigenvalue weighted by Crippen LogP contribution is -2.43. The molecule has 8 nitrogen and oxygen atoms in total. The van der Waals surface area contributed by atoms with Crippen molar-refractivity contribution in [1.29, 1.82) is 0 Å². The van der Waals surface area contributed by atoms with Crippen LogP contribution in [0.25, 0.3) is 0 Å². The molecule has 1 aliphatic rings. The molecule has 1 heterocycles. The lowest BCUT2D eigenvalue weighted by molar-refractivity contribution is -0.138. The van der Waals surface area contributed by atoms with Crippen molar-refractivity contribution < 1.29 is 28.9 Å². The number of ether oxygens (including phenoxy) is 3. The first kappa shape index (κ1) is 23.7. The average molecular weight is 396 g/mol. The molecule has 1 aromatic rings. The Labute approximate surface area is 166 Å². The monoisotopic (exact) mass is 396 g/mol. The summed E-state index contributed by atoms with van der Waals surface area (Å²) in [4.78, 5) is 23.5. The second kappa shape index (κ2) is 10.9. The molecule has 1 saturated heterocycles. The standard InChI is InChI=1S/C15H22N2O4.C5H10O2/c1-10(18)11-8-13(20-2)15(21-3)12(14(11)19)9-17-6-4-16-5-7-17;1-5(2,3)7-4-6/h8,16,19H,4-7,9H2,1-3H3;4H,1-3H3. The number of piperazine rings is 1. The van der Waals surface area contributed by atoms with E-state index >= 15 is 0 Å². The summed E-state index contributed by atoms with van der Waals surface area (Å²) in [5.41, 5.74) is 0.545. The highest BCUT2D eigenvalue weighted by atomic mass is 16.5. The molecule has 0 atom stereocenters. The van der Waals surface area contributed by atoms with E-state index in [1.165, 1.54) is 27.2 Å². The lowest BCUT2D eigenvalue weighted by Gasteiger charge is -2.28. The molecule has 0 amide bonds. The van der Waals surface area contributed by atoms with Crippen molar-refractivity contribution in [2.24, 2.45) is 0 Å². The largest absolute Gasteiger partial charge is 0.507 e. The minimum atomic E-state index is -0.318. The van der Waals surface area contributed by atoms with Crippen molar-refractivity contribution in [2.45, 2.75) is 39.8 Å². The molecule has 2 rings (SSSR count). The van der Waals surface area contributed by atoms with E-state index in [-0.39, 0.29) is 22.7 Å². The third-order valence-electron chi connectivity index (χ3n) is 4.11. The summed E-state index contributed by atoms with van der Waals surface area (Å²) in [6.07, 6.45) is 0. The maximum atomic E-state index is 11.7. The Morgan fingerprint density at radius 2 is 1.86 bits per heavy atom. The van der Waals surface area contributed by atoms with Crippen LogP contribution >= 0.6 is 0 Å². The number of hydrogen-bond acceptors (Lipinski definition) is 8. The topological polar surface area (TPSA) is 97.3 Å². The summed E-state index contributed by atoms with van der Waals surface area (Å²) in [6, 6.07) is 1.53. The molecule has 1 fully saturated rings. The van der Waals surface area contributed by atoms with Crippen LogP contribution in [-0.2, 0) is 16.1 Å². The number of aromatic hydroxyl groups is 1. The number of hydrogen-bond donors (Lipinski definition) is 2. The molecular weight excluding hydrogens is 364 g/mol. The number of nitrogens with zero attached hydrogens (tertiary/aromatic N) is 1. The molecule has 158 valence electrons. The molecule has 0 bridgehead atoms. The molecular formula is C20H32N2O6. The molecule has 1 aliphatic heterocycles. The van der Waals surface area contributed by atoms with E-state index in [1.54, 1.807) is 0 Å². The van der Waals surface area contributed by atoms with Gasteiger partial charge in [0.05, 0.1) is 25.3 Å². The Hall–Kier alpha value is -2.32. The van der Waals surface area contributed by atoms with Gasteiger partial charge in [0.2, 0.25) is 0 Å². The quantitative estimate of drug-likeness (QED) is 0.556. The third kappa shape index (κ3) is 7.01. The molecule has 0 aromatic heterocycles. The zero-order valence-electron chi connectivity index (χ0n) is 17.6. The Kier molecular flexibility index (Phi) is 9.21. The fourth-order valence-electron chi connectivity index (χ4n) is 2.71. The number of Topliss-reactive ketones (excluding diaryl/α,β-unsaturated/α-hetero) is 1. The van der Waals surface area contributed by atoms with Crippen LogP contribution in [0.3, 0.4) is 0 Å². The Bertz CT molecular complexity index is 664. The summed E-state index contributed by atoms with van der Waals surface area (Å²) in [7, 11) is 3.05. The fourth-order valence-corrected chi connectivity index (χ4v) is 2.71. The maximum Gasteiger partial charge on any atom is 0.293 e. The van der Waals surface area contributed by atoms with Gasteiger partial charge in [-0.15, -0.1) is 0 Å². The summed E-state index contributed by atoms with van der Waals surface area (Å²) in [5, 5.41) is 13.7. The van der Waals surface area contributed by atoms with Crippen molar-refractivity contribution in [3.63, 3.8) is 0 Å². The third-order valence-corrected chi connectivity index (χ3v) is 4.11. The Morgan fingerprint density at radius 3 is 2.25 bits per heavy atom. The van der Waals surface area contributed by atoms with Crippen molar-refractivity contribution in [3.05, 3.63) is 17.2 Å². The number of methoxy groups -OCH3 is 2. The summed E-state index contributed by atoms with van der Waals surface area (Å²) >= 11 is 0. The van der Waals surface area contributed by atoms with E-state index in [0.29, 0.717) is 30.1 Å². The van der Waals surface area contributed by atoms with E-state index in [2.05, 4.69) is 15.0 Å². The van der Waals surface area contributed by atoms with Crippen LogP contribution in [-0.4, -0.2) is 68.3 Å². The van der Waals surface area contributed by atoms with E-state index in [4.69, 9.17) is 9.47 Å². The van der Waals surface area contributed by atoms with E-state index in [0.717, 1.165) is 26.2 Å². The van der Waals surface area contributed by atoms with Gasteiger partial charge in [-0.2, -0.15) is 0 Å². The van der Waals surface area contributed by atoms with Gasteiger partial charge in [0.15, 0.2) is 17.3 Å². The van der Waals surface area contributed by atoms with Gasteiger partial charge in [-0.05, 0) is 33.8 Å². The van der Waals surface area contributed by atoms with Gasteiger partial charge in [-0.1, -0.05) is 0 Å². The van der Waals surface area contributed by atoms with Crippen LogP contribution in [0.4, 0.5) is 0 Å². The lowest BCUT2D eigenvalue weighted by atomic mass is 10.0. The molecule has 0 aliphatic carbocycles. The van der Waals surface area contributed by atoms with Crippen LogP contribution in [0.2, 0.25) is 0 Å². The molecule has 0 saturated carbocycles. The van der Waals surface area contributed by atoms with Crippen LogP contribution in [0.15, 0.2) is 6.07 Å². The number of nitrogens with one attached hydrogen (secondary N) is 1. The van der Waals surface area contributed by atoms with E-state index in [1.807, 2.05) is 20.8 Å². The van der Waals surface area contributed by atoms with Gasteiger partial charge in [0.1, 0.15) is 11.4 Å². The number of carbonyl (C=O) groups is 2. The molecule has 1 aromatic carbocycles. The predicted octanol–water partition coefficient (Wildman–Crippen LogP) is 1.98. The summed E-state index contributed by atoms with van der Waals surface area (Å²) < 4.78 is 15.2. The van der Waals surface area contributed by atoms with Crippen molar-refractivity contribution in [2.75, 3.05) is 40.4 Å². The number of phenolic OH excluding ortho intramolecular Hbond substituents is 1. The highest BCUT2D eigenvalue weighted by molar-refractivity contribution is 5.98. The van der Waals surface area contributed by atoms with Crippen LogP contribution < -0.4 is 14.8 Å².